The molecule has 0 saturated carbocycles. The zero-order chi connectivity index (χ0) is 17.6. The quantitative estimate of drug-likeness (QED) is 0.768. The number of anilines is 1. The van der Waals surface area contributed by atoms with E-state index < -0.39 is 0 Å². The summed E-state index contributed by atoms with van der Waals surface area (Å²) in [5, 5.41) is 0. The molecule has 0 bridgehead atoms. The minimum Gasteiger partial charge on any atom is -0.378 e. The molecule has 25 heavy (non-hydrogen) atoms. The van der Waals surface area contributed by atoms with Crippen LogP contribution in [0.3, 0.4) is 0 Å². The molecule has 2 aliphatic rings. The van der Waals surface area contributed by atoms with Crippen molar-refractivity contribution in [3.8, 4) is 0 Å². The fourth-order valence-corrected chi connectivity index (χ4v) is 3.73. The van der Waals surface area contributed by atoms with Crippen molar-refractivity contribution < 1.29 is 4.74 Å². The average Bonchev–Trinajstić information content (AvgIpc) is 2.62. The van der Waals surface area contributed by atoms with Gasteiger partial charge in [-0.05, 0) is 53.1 Å². The summed E-state index contributed by atoms with van der Waals surface area (Å²) in [7, 11) is 0. The van der Waals surface area contributed by atoms with Crippen molar-refractivity contribution in [2.24, 2.45) is 0 Å². The molecule has 3 heterocycles. The molecular weight excluding hydrogens is 312 g/mol. The molecule has 5 heteroatoms. The Morgan fingerprint density at radius 1 is 1.16 bits per heavy atom. The molecule has 138 valence electrons. The highest BCUT2D eigenvalue weighted by atomic mass is 16.5. The van der Waals surface area contributed by atoms with Gasteiger partial charge in [0.25, 0.3) is 0 Å². The van der Waals surface area contributed by atoms with Crippen molar-refractivity contribution >= 4 is 5.82 Å². The van der Waals surface area contributed by atoms with Gasteiger partial charge in [0, 0.05) is 37.3 Å². The first-order chi connectivity index (χ1) is 12.1. The Bertz CT molecular complexity index is 583. The Labute approximate surface area is 152 Å². The van der Waals surface area contributed by atoms with Crippen LogP contribution in [0.4, 0.5) is 5.82 Å². The summed E-state index contributed by atoms with van der Waals surface area (Å²) in [4.78, 5) is 14.4. The summed E-state index contributed by atoms with van der Waals surface area (Å²) in [5.41, 5.74) is 2.65. The van der Waals surface area contributed by atoms with Gasteiger partial charge in [-0.15, -0.1) is 0 Å². The van der Waals surface area contributed by atoms with Crippen molar-refractivity contribution in [1.82, 2.24) is 14.9 Å². The lowest BCUT2D eigenvalue weighted by Gasteiger charge is -2.32. The third-order valence-corrected chi connectivity index (χ3v) is 5.18. The van der Waals surface area contributed by atoms with E-state index >= 15 is 0 Å². The zero-order valence-electron chi connectivity index (χ0n) is 16.0. The summed E-state index contributed by atoms with van der Waals surface area (Å²) in [6, 6.07) is 2.22. The summed E-state index contributed by atoms with van der Waals surface area (Å²) >= 11 is 0. The number of allylic oxidation sites excluding steroid dienone is 1. The van der Waals surface area contributed by atoms with E-state index in [0.29, 0.717) is 5.92 Å². The van der Waals surface area contributed by atoms with Crippen molar-refractivity contribution in [3.63, 3.8) is 0 Å². The van der Waals surface area contributed by atoms with Crippen LogP contribution in [0.1, 0.15) is 50.5 Å². The van der Waals surface area contributed by atoms with Gasteiger partial charge in [-0.25, -0.2) is 9.97 Å². The number of likely N-dealkylation sites (tertiary alicyclic amines) is 1. The second-order valence-corrected chi connectivity index (χ2v) is 7.48. The summed E-state index contributed by atoms with van der Waals surface area (Å²) in [6.07, 6.45) is 5.91. The van der Waals surface area contributed by atoms with Crippen LogP contribution >= 0.6 is 0 Å². The number of aryl methyl sites for hydroxylation is 1. The summed E-state index contributed by atoms with van der Waals surface area (Å²) < 4.78 is 5.46. The molecule has 0 radical (unpaired) electrons. The minimum absolute atomic E-state index is 0.571. The van der Waals surface area contributed by atoms with E-state index in [0.717, 1.165) is 37.9 Å². The van der Waals surface area contributed by atoms with E-state index in [-0.39, 0.29) is 0 Å². The lowest BCUT2D eigenvalue weighted by Crippen LogP contribution is -2.37. The lowest BCUT2D eigenvalue weighted by molar-refractivity contribution is 0.122. The van der Waals surface area contributed by atoms with E-state index in [2.05, 4.69) is 40.8 Å². The fraction of sp³-hybridized carbons (Fsp3) is 0.700. The Morgan fingerprint density at radius 3 is 2.56 bits per heavy atom. The van der Waals surface area contributed by atoms with Gasteiger partial charge in [0.1, 0.15) is 11.6 Å². The molecule has 3 rings (SSSR count). The number of nitrogens with zero attached hydrogens (tertiary/aromatic N) is 4. The van der Waals surface area contributed by atoms with Gasteiger partial charge < -0.3 is 14.5 Å². The molecule has 2 saturated heterocycles. The molecule has 2 fully saturated rings. The molecule has 1 aromatic rings. The topological polar surface area (TPSA) is 41.5 Å². The van der Waals surface area contributed by atoms with Gasteiger partial charge in [-0.2, -0.15) is 0 Å². The number of ether oxygens (including phenoxy) is 1. The molecule has 0 aliphatic carbocycles. The maximum Gasteiger partial charge on any atom is 0.132 e. The highest BCUT2D eigenvalue weighted by Gasteiger charge is 2.23. The van der Waals surface area contributed by atoms with Crippen molar-refractivity contribution in [2.45, 2.75) is 46.0 Å². The van der Waals surface area contributed by atoms with Crippen LogP contribution in [0.15, 0.2) is 17.7 Å². The highest BCUT2D eigenvalue weighted by Crippen LogP contribution is 2.29. The van der Waals surface area contributed by atoms with Gasteiger partial charge in [0.2, 0.25) is 0 Å². The van der Waals surface area contributed by atoms with Gasteiger partial charge in [-0.1, -0.05) is 11.6 Å². The maximum atomic E-state index is 5.46. The smallest absolute Gasteiger partial charge is 0.132 e. The van der Waals surface area contributed by atoms with E-state index in [4.69, 9.17) is 9.72 Å². The minimum atomic E-state index is 0.571. The number of hydrogen-bond donors (Lipinski definition) is 0. The van der Waals surface area contributed by atoms with E-state index in [9.17, 15) is 0 Å². The Balaban J connectivity index is 1.59. The maximum absolute atomic E-state index is 5.46. The Hall–Kier alpha value is -1.46. The number of aromatic nitrogens is 2. The normalized spacial score (nSPS) is 19.9. The van der Waals surface area contributed by atoms with Crippen LogP contribution in [0, 0.1) is 6.92 Å². The molecule has 0 N–H and O–H groups in total. The summed E-state index contributed by atoms with van der Waals surface area (Å²) in [6.45, 7) is 13.4. The Morgan fingerprint density at radius 2 is 1.88 bits per heavy atom. The first kappa shape index (κ1) is 18.3. The van der Waals surface area contributed by atoms with Crippen LogP contribution in [0.25, 0.3) is 0 Å². The van der Waals surface area contributed by atoms with Crippen LogP contribution < -0.4 is 4.90 Å². The lowest BCUT2D eigenvalue weighted by atomic mass is 9.93. The van der Waals surface area contributed by atoms with Crippen molar-refractivity contribution in [3.05, 3.63) is 29.2 Å². The molecule has 0 unspecified atom stereocenters. The van der Waals surface area contributed by atoms with Crippen molar-refractivity contribution in [1.29, 1.82) is 0 Å². The monoisotopic (exact) mass is 344 g/mol. The first-order valence-electron chi connectivity index (χ1n) is 9.66. The predicted molar refractivity (Wildman–Crippen MR) is 102 cm³/mol. The average molecular weight is 345 g/mol. The molecule has 0 atom stereocenters. The van der Waals surface area contributed by atoms with Crippen LogP contribution in [0.2, 0.25) is 0 Å². The second-order valence-electron chi connectivity index (χ2n) is 7.48. The van der Waals surface area contributed by atoms with E-state index in [1.54, 1.807) is 0 Å². The molecule has 0 aromatic carbocycles. The number of morpholine rings is 1. The number of rotatable bonds is 5. The van der Waals surface area contributed by atoms with E-state index in [1.807, 2.05) is 6.92 Å². The molecule has 1 aromatic heterocycles. The van der Waals surface area contributed by atoms with Gasteiger partial charge >= 0.3 is 0 Å². The highest BCUT2D eigenvalue weighted by molar-refractivity contribution is 5.41. The number of piperidine rings is 1. The molecule has 0 amide bonds. The van der Waals surface area contributed by atoms with E-state index in [1.165, 1.54) is 50.2 Å². The standard InChI is InChI=1S/C20H32N4O/c1-16(2)5-4-8-23-9-6-18(7-10-23)19-15-20(22-17(3)21-19)24-11-13-25-14-12-24/h5,15,18H,4,6-14H2,1-3H3. The molecule has 2 aliphatic heterocycles. The fourth-order valence-electron chi connectivity index (χ4n) is 3.73. The van der Waals surface area contributed by atoms with Crippen LogP contribution in [-0.4, -0.2) is 60.8 Å². The summed E-state index contributed by atoms with van der Waals surface area (Å²) in [5.74, 6) is 2.54. The van der Waals surface area contributed by atoms with Crippen LogP contribution in [-0.2, 0) is 4.74 Å². The largest absolute Gasteiger partial charge is 0.378 e. The SMILES string of the molecule is CC(C)=CCCN1CCC(c2cc(N3CCOCC3)nc(C)n2)CC1. The molecule has 5 nitrogen and oxygen atoms in total. The third kappa shape index (κ3) is 5.25. The van der Waals surface area contributed by atoms with Gasteiger partial charge in [-0.3, -0.25) is 0 Å². The zero-order valence-corrected chi connectivity index (χ0v) is 16.0. The number of hydrogen-bond acceptors (Lipinski definition) is 5. The van der Waals surface area contributed by atoms with Gasteiger partial charge in [0.15, 0.2) is 0 Å². The molecule has 0 spiro atoms. The first-order valence-corrected chi connectivity index (χ1v) is 9.66. The van der Waals surface area contributed by atoms with Gasteiger partial charge in [0.05, 0.1) is 13.2 Å². The van der Waals surface area contributed by atoms with Crippen LogP contribution in [0.5, 0.6) is 0 Å². The third-order valence-electron chi connectivity index (χ3n) is 5.18. The molecular formula is C20H32N4O. The predicted octanol–water partition coefficient (Wildman–Crippen LogP) is 3.16. The van der Waals surface area contributed by atoms with Crippen molar-refractivity contribution in [2.75, 3.05) is 50.8 Å². The Kier molecular flexibility index (Phi) is 6.43. The second kappa shape index (κ2) is 8.77.